The SMILES string of the molecule is O=C(O)c1cccc(-c2cccc(CC3(C(=O)c4ccc(C(F)(F)F)cc4F)C=CC=N3)c2)c1. The van der Waals surface area contributed by atoms with E-state index in [9.17, 15) is 32.3 Å². The predicted octanol–water partition coefficient (Wildman–Crippen LogP) is 6.01. The summed E-state index contributed by atoms with van der Waals surface area (Å²) in [6.45, 7) is 0. The number of carboxylic acid groups (broad SMARTS) is 1. The summed E-state index contributed by atoms with van der Waals surface area (Å²) < 4.78 is 53.2. The van der Waals surface area contributed by atoms with E-state index < -0.39 is 40.4 Å². The molecule has 1 aliphatic heterocycles. The van der Waals surface area contributed by atoms with Crippen molar-refractivity contribution in [2.75, 3.05) is 0 Å². The Morgan fingerprint density at radius 3 is 2.26 bits per heavy atom. The lowest BCUT2D eigenvalue weighted by atomic mass is 9.83. The van der Waals surface area contributed by atoms with Crippen LogP contribution in [0.5, 0.6) is 0 Å². The van der Waals surface area contributed by atoms with Gasteiger partial charge in [-0.25, -0.2) is 9.18 Å². The van der Waals surface area contributed by atoms with Crippen LogP contribution in [0.4, 0.5) is 17.6 Å². The molecule has 0 spiro atoms. The molecular weight excluding hydrogens is 450 g/mol. The van der Waals surface area contributed by atoms with E-state index in [0.717, 1.165) is 6.07 Å². The quantitative estimate of drug-likeness (QED) is 0.356. The lowest BCUT2D eigenvalue weighted by Gasteiger charge is -2.24. The monoisotopic (exact) mass is 467 g/mol. The van der Waals surface area contributed by atoms with Gasteiger partial charge in [0.2, 0.25) is 0 Å². The van der Waals surface area contributed by atoms with Crippen LogP contribution in [0.25, 0.3) is 11.1 Å². The highest BCUT2D eigenvalue weighted by Crippen LogP contribution is 2.33. The Morgan fingerprint density at radius 2 is 1.65 bits per heavy atom. The molecule has 0 fully saturated rings. The number of hydrogen-bond donors (Lipinski definition) is 1. The normalized spacial score (nSPS) is 17.2. The van der Waals surface area contributed by atoms with Gasteiger partial charge in [-0.3, -0.25) is 9.79 Å². The van der Waals surface area contributed by atoms with E-state index in [1.807, 2.05) is 0 Å². The fourth-order valence-corrected chi connectivity index (χ4v) is 3.85. The second-order valence-electron chi connectivity index (χ2n) is 7.85. The fourth-order valence-electron chi connectivity index (χ4n) is 3.85. The zero-order valence-corrected chi connectivity index (χ0v) is 17.5. The second kappa shape index (κ2) is 8.70. The first-order valence-corrected chi connectivity index (χ1v) is 10.2. The van der Waals surface area contributed by atoms with Crippen LogP contribution in [0.2, 0.25) is 0 Å². The van der Waals surface area contributed by atoms with Crippen LogP contribution in [0, 0.1) is 5.82 Å². The van der Waals surface area contributed by atoms with Crippen molar-refractivity contribution in [2.24, 2.45) is 4.99 Å². The van der Waals surface area contributed by atoms with Crippen molar-refractivity contribution in [3.8, 4) is 11.1 Å². The lowest BCUT2D eigenvalue weighted by Crippen LogP contribution is -2.36. The van der Waals surface area contributed by atoms with Gasteiger partial charge in [0.25, 0.3) is 0 Å². The van der Waals surface area contributed by atoms with Gasteiger partial charge < -0.3 is 5.11 Å². The van der Waals surface area contributed by atoms with E-state index in [1.165, 1.54) is 30.5 Å². The van der Waals surface area contributed by atoms with Crippen molar-refractivity contribution in [3.63, 3.8) is 0 Å². The molecule has 1 atom stereocenters. The summed E-state index contributed by atoms with van der Waals surface area (Å²) in [5.41, 5.74) is -1.05. The first-order chi connectivity index (χ1) is 16.1. The maximum absolute atomic E-state index is 14.5. The minimum atomic E-state index is -4.73. The maximum Gasteiger partial charge on any atom is 0.416 e. The lowest BCUT2D eigenvalue weighted by molar-refractivity contribution is -0.137. The molecule has 8 heteroatoms. The van der Waals surface area contributed by atoms with Gasteiger partial charge in [0.15, 0.2) is 5.78 Å². The first kappa shape index (κ1) is 23.1. The van der Waals surface area contributed by atoms with Gasteiger partial charge in [-0.1, -0.05) is 36.4 Å². The zero-order valence-electron chi connectivity index (χ0n) is 17.5. The molecule has 1 aliphatic rings. The molecule has 0 aromatic heterocycles. The van der Waals surface area contributed by atoms with E-state index in [4.69, 9.17) is 0 Å². The number of ketones is 1. The highest BCUT2D eigenvalue weighted by molar-refractivity contribution is 6.07. The van der Waals surface area contributed by atoms with Crippen LogP contribution in [0.3, 0.4) is 0 Å². The Hall–Kier alpha value is -4.07. The molecule has 0 aliphatic carbocycles. The van der Waals surface area contributed by atoms with Crippen molar-refractivity contribution in [1.29, 1.82) is 0 Å². The molecule has 3 aromatic rings. The van der Waals surface area contributed by atoms with Gasteiger partial charge >= 0.3 is 12.1 Å². The third-order valence-electron chi connectivity index (χ3n) is 5.54. The van der Waals surface area contributed by atoms with E-state index in [0.29, 0.717) is 28.8 Å². The minimum absolute atomic E-state index is 0.0335. The average Bonchev–Trinajstić information content (AvgIpc) is 3.28. The molecule has 0 radical (unpaired) electrons. The van der Waals surface area contributed by atoms with E-state index in [1.54, 1.807) is 36.4 Å². The number of carbonyl (C=O) groups is 2. The predicted molar refractivity (Wildman–Crippen MR) is 119 cm³/mol. The van der Waals surface area contributed by atoms with E-state index >= 15 is 0 Å². The zero-order chi connectivity index (χ0) is 24.5. The molecule has 172 valence electrons. The summed E-state index contributed by atoms with van der Waals surface area (Å²) in [5.74, 6) is -3.09. The number of hydrogen-bond acceptors (Lipinski definition) is 3. The van der Waals surface area contributed by atoms with Crippen LogP contribution in [0.15, 0.2) is 83.9 Å². The van der Waals surface area contributed by atoms with Crippen LogP contribution in [-0.2, 0) is 12.6 Å². The van der Waals surface area contributed by atoms with Gasteiger partial charge in [-0.15, -0.1) is 0 Å². The standard InChI is InChI=1S/C26H17F4NO3/c27-22-14-20(26(28,29)30)8-9-21(22)23(32)25(10-3-11-31-25)15-16-4-1-5-17(12-16)18-6-2-7-19(13-18)24(33)34/h1-14H,15H2,(H,33,34). The number of carbonyl (C=O) groups excluding carboxylic acids is 1. The Morgan fingerprint density at radius 1 is 0.941 bits per heavy atom. The second-order valence-corrected chi connectivity index (χ2v) is 7.85. The van der Waals surface area contributed by atoms with Crippen molar-refractivity contribution in [3.05, 3.63) is 107 Å². The van der Waals surface area contributed by atoms with Crippen molar-refractivity contribution in [2.45, 2.75) is 18.1 Å². The Labute approximate surface area is 191 Å². The molecule has 1 heterocycles. The third kappa shape index (κ3) is 4.52. The number of aliphatic imine (C=N–C) groups is 1. The van der Waals surface area contributed by atoms with Crippen LogP contribution >= 0.6 is 0 Å². The highest BCUT2D eigenvalue weighted by Gasteiger charge is 2.40. The van der Waals surface area contributed by atoms with Gasteiger partial charge in [-0.05, 0) is 59.2 Å². The van der Waals surface area contributed by atoms with E-state index in [-0.39, 0.29) is 12.0 Å². The molecule has 0 bridgehead atoms. The molecule has 4 rings (SSSR count). The fraction of sp³-hybridized carbons (Fsp3) is 0.115. The molecule has 4 nitrogen and oxygen atoms in total. The highest BCUT2D eigenvalue weighted by atomic mass is 19.4. The smallest absolute Gasteiger partial charge is 0.416 e. The molecule has 1 N–H and O–H groups in total. The molecule has 3 aromatic carbocycles. The van der Waals surface area contributed by atoms with Gasteiger partial charge in [-0.2, -0.15) is 13.2 Å². The van der Waals surface area contributed by atoms with Crippen molar-refractivity contribution in [1.82, 2.24) is 0 Å². The number of allylic oxidation sites excluding steroid dienone is 1. The van der Waals surface area contributed by atoms with Crippen LogP contribution in [0.1, 0.15) is 31.8 Å². The Bertz CT molecular complexity index is 1330. The molecule has 1 unspecified atom stereocenters. The van der Waals surface area contributed by atoms with Crippen molar-refractivity contribution < 1.29 is 32.3 Å². The summed E-state index contributed by atoms with van der Waals surface area (Å²) in [6, 6.07) is 15.2. The first-order valence-electron chi connectivity index (χ1n) is 10.2. The van der Waals surface area contributed by atoms with Crippen LogP contribution < -0.4 is 0 Å². The maximum atomic E-state index is 14.5. The van der Waals surface area contributed by atoms with Gasteiger partial charge in [0, 0.05) is 12.6 Å². The number of rotatable bonds is 6. The third-order valence-corrected chi connectivity index (χ3v) is 5.54. The van der Waals surface area contributed by atoms with E-state index in [2.05, 4.69) is 4.99 Å². The Balaban J connectivity index is 1.67. The summed E-state index contributed by atoms with van der Waals surface area (Å²) >= 11 is 0. The number of nitrogens with zero attached hydrogens (tertiary/aromatic N) is 1. The van der Waals surface area contributed by atoms with Crippen molar-refractivity contribution >= 4 is 18.0 Å². The molecular formula is C26H17F4NO3. The molecule has 0 saturated heterocycles. The Kier molecular flexibility index (Phi) is 5.91. The number of Topliss-reactive ketones (excluding diaryl/α,β-unsaturated/α-hetero) is 1. The average molecular weight is 467 g/mol. The van der Waals surface area contributed by atoms with Crippen LogP contribution in [-0.4, -0.2) is 28.6 Å². The number of alkyl halides is 3. The van der Waals surface area contributed by atoms with Gasteiger partial charge in [0.05, 0.1) is 16.7 Å². The number of aromatic carboxylic acids is 1. The number of benzene rings is 3. The number of halogens is 4. The number of carboxylic acids is 1. The summed E-state index contributed by atoms with van der Waals surface area (Å²) in [5, 5.41) is 9.23. The molecule has 34 heavy (non-hydrogen) atoms. The van der Waals surface area contributed by atoms with Gasteiger partial charge in [0.1, 0.15) is 11.4 Å². The summed E-state index contributed by atoms with van der Waals surface area (Å²) in [7, 11) is 0. The largest absolute Gasteiger partial charge is 0.478 e. The minimum Gasteiger partial charge on any atom is -0.478 e. The topological polar surface area (TPSA) is 66.7 Å². The summed E-state index contributed by atoms with van der Waals surface area (Å²) in [6.07, 6.45) is -0.292. The molecule has 0 saturated carbocycles. The molecule has 0 amide bonds. The summed E-state index contributed by atoms with van der Waals surface area (Å²) in [4.78, 5) is 28.8.